The molecule has 0 fully saturated rings. The fourth-order valence-corrected chi connectivity index (χ4v) is 2.11. The monoisotopic (exact) mass is 397 g/mol. The average Bonchev–Trinajstić information content (AvgIpc) is 2.67. The number of carboxylic acid groups (broad SMARTS) is 2. The molecule has 152 valence electrons. The summed E-state index contributed by atoms with van der Waals surface area (Å²) >= 11 is 0. The summed E-state index contributed by atoms with van der Waals surface area (Å²) in [5, 5.41) is 26.6. The van der Waals surface area contributed by atoms with Gasteiger partial charge in [0, 0.05) is 43.1 Å². The second kappa shape index (κ2) is 11.0. The molecule has 0 aliphatic heterocycles. The maximum absolute atomic E-state index is 11.3. The van der Waals surface area contributed by atoms with E-state index < -0.39 is 11.9 Å². The number of para-hydroxylation sites is 1. The Bertz CT molecular complexity index is 902. The highest BCUT2D eigenvalue weighted by molar-refractivity contribution is 5.97. The van der Waals surface area contributed by atoms with Crippen molar-refractivity contribution >= 4 is 29.4 Å². The Morgan fingerprint density at radius 3 is 1.90 bits per heavy atom. The van der Waals surface area contributed by atoms with E-state index in [1.165, 1.54) is 0 Å². The molecule has 0 unspecified atom stereocenters. The summed E-state index contributed by atoms with van der Waals surface area (Å²) in [6, 6.07) is 15.3. The Hall–Kier alpha value is -3.94. The number of anilines is 1. The van der Waals surface area contributed by atoms with E-state index in [-0.39, 0.29) is 5.78 Å². The van der Waals surface area contributed by atoms with Crippen LogP contribution in [0.5, 0.6) is 0 Å². The molecule has 0 aromatic heterocycles. The van der Waals surface area contributed by atoms with E-state index in [0.29, 0.717) is 23.7 Å². The number of carbonyl (C=O) groups excluding carboxylic acids is 1. The lowest BCUT2D eigenvalue weighted by Crippen LogP contribution is -2.28. The van der Waals surface area contributed by atoms with E-state index in [1.54, 1.807) is 11.8 Å². The van der Waals surface area contributed by atoms with Gasteiger partial charge in [0.15, 0.2) is 11.7 Å². The van der Waals surface area contributed by atoms with Gasteiger partial charge in [-0.15, -0.1) is 0 Å². The number of nitrogens with zero attached hydrogens (tertiary/aromatic N) is 1. The fourth-order valence-electron chi connectivity index (χ4n) is 2.11. The number of hydrogen-bond donors (Lipinski definition) is 4. The van der Waals surface area contributed by atoms with Crippen LogP contribution in [-0.2, 0) is 9.59 Å². The summed E-state index contributed by atoms with van der Waals surface area (Å²) in [5.41, 5.74) is 3.57. The molecule has 2 aromatic carbocycles. The SMILES string of the molecule is CC(=O)c1ccc(-c2ccccc2NC(=N)N(C)C)cc1.O=C(O)/C=C/C(=O)O. The minimum Gasteiger partial charge on any atom is -0.478 e. The van der Waals surface area contributed by atoms with E-state index in [2.05, 4.69) is 5.32 Å². The molecule has 0 saturated heterocycles. The van der Waals surface area contributed by atoms with Crippen LogP contribution in [0.1, 0.15) is 17.3 Å². The fraction of sp³-hybridized carbons (Fsp3) is 0.143. The van der Waals surface area contributed by atoms with Crippen LogP contribution in [0.2, 0.25) is 0 Å². The first-order valence-corrected chi connectivity index (χ1v) is 8.49. The van der Waals surface area contributed by atoms with Gasteiger partial charge in [-0.3, -0.25) is 10.2 Å². The molecule has 0 atom stereocenters. The predicted octanol–water partition coefficient (Wildman–Crippen LogP) is 3.18. The summed E-state index contributed by atoms with van der Waals surface area (Å²) in [7, 11) is 3.64. The molecule has 0 spiro atoms. The van der Waals surface area contributed by atoms with Gasteiger partial charge >= 0.3 is 11.9 Å². The van der Waals surface area contributed by atoms with Gasteiger partial charge in [-0.2, -0.15) is 0 Å². The first kappa shape index (κ1) is 23.1. The molecule has 0 heterocycles. The second-order valence-electron chi connectivity index (χ2n) is 6.06. The Balaban J connectivity index is 0.000000447. The van der Waals surface area contributed by atoms with Crippen molar-refractivity contribution in [1.82, 2.24) is 4.90 Å². The number of aliphatic carboxylic acids is 2. The topological polar surface area (TPSA) is 131 Å². The van der Waals surface area contributed by atoms with Crippen LogP contribution in [0.25, 0.3) is 11.1 Å². The zero-order valence-electron chi connectivity index (χ0n) is 16.3. The smallest absolute Gasteiger partial charge is 0.328 e. The van der Waals surface area contributed by atoms with Crippen LogP contribution in [0.3, 0.4) is 0 Å². The predicted molar refractivity (Wildman–Crippen MR) is 111 cm³/mol. The minimum atomic E-state index is -1.26. The van der Waals surface area contributed by atoms with Gasteiger partial charge in [-0.1, -0.05) is 42.5 Å². The number of Topliss-reactive ketones (excluding diaryl/α,β-unsaturated/α-hetero) is 1. The maximum Gasteiger partial charge on any atom is 0.328 e. The van der Waals surface area contributed by atoms with E-state index >= 15 is 0 Å². The van der Waals surface area contributed by atoms with Crippen molar-refractivity contribution in [3.05, 3.63) is 66.2 Å². The molecule has 0 aliphatic rings. The number of ketones is 1. The third-order valence-corrected chi connectivity index (χ3v) is 3.60. The molecular weight excluding hydrogens is 374 g/mol. The number of nitrogens with one attached hydrogen (secondary N) is 2. The van der Waals surface area contributed by atoms with Crippen LogP contribution < -0.4 is 5.32 Å². The molecule has 0 radical (unpaired) electrons. The Labute approximate surface area is 168 Å². The van der Waals surface area contributed by atoms with Crippen molar-refractivity contribution in [3.8, 4) is 11.1 Å². The molecule has 29 heavy (non-hydrogen) atoms. The van der Waals surface area contributed by atoms with Crippen LogP contribution >= 0.6 is 0 Å². The lowest BCUT2D eigenvalue weighted by atomic mass is 10.0. The summed E-state index contributed by atoms with van der Waals surface area (Å²) in [5.74, 6) is -2.13. The Kier molecular flexibility index (Phi) is 8.78. The molecule has 8 heteroatoms. The second-order valence-corrected chi connectivity index (χ2v) is 6.06. The molecule has 0 saturated carbocycles. The normalized spacial score (nSPS) is 9.90. The molecule has 2 aromatic rings. The zero-order valence-corrected chi connectivity index (χ0v) is 16.3. The van der Waals surface area contributed by atoms with E-state index in [1.807, 2.05) is 62.6 Å². The van der Waals surface area contributed by atoms with Crippen LogP contribution in [0.4, 0.5) is 5.69 Å². The Morgan fingerprint density at radius 2 is 1.45 bits per heavy atom. The van der Waals surface area contributed by atoms with E-state index in [4.69, 9.17) is 15.6 Å². The lowest BCUT2D eigenvalue weighted by Gasteiger charge is -2.18. The molecule has 2 rings (SSSR count). The number of benzene rings is 2. The van der Waals surface area contributed by atoms with Gasteiger partial charge < -0.3 is 20.4 Å². The number of rotatable bonds is 5. The highest BCUT2D eigenvalue weighted by Crippen LogP contribution is 2.28. The van der Waals surface area contributed by atoms with Crippen molar-refractivity contribution in [2.45, 2.75) is 6.92 Å². The summed E-state index contributed by atoms with van der Waals surface area (Å²) < 4.78 is 0. The summed E-state index contributed by atoms with van der Waals surface area (Å²) in [4.78, 5) is 32.1. The van der Waals surface area contributed by atoms with Gasteiger partial charge in [-0.05, 0) is 18.6 Å². The maximum atomic E-state index is 11.3. The van der Waals surface area contributed by atoms with Gasteiger partial charge in [0.05, 0.1) is 0 Å². The zero-order chi connectivity index (χ0) is 22.0. The van der Waals surface area contributed by atoms with E-state index in [9.17, 15) is 14.4 Å². The van der Waals surface area contributed by atoms with Crippen LogP contribution in [0.15, 0.2) is 60.7 Å². The molecule has 0 aliphatic carbocycles. The van der Waals surface area contributed by atoms with Crippen molar-refractivity contribution in [2.24, 2.45) is 0 Å². The third-order valence-electron chi connectivity index (χ3n) is 3.60. The molecule has 4 N–H and O–H groups in total. The first-order chi connectivity index (χ1) is 13.6. The van der Waals surface area contributed by atoms with Gasteiger partial charge in [0.2, 0.25) is 0 Å². The summed E-state index contributed by atoms with van der Waals surface area (Å²) in [6.07, 6.45) is 1.12. The van der Waals surface area contributed by atoms with Crippen LogP contribution in [-0.4, -0.2) is 52.9 Å². The minimum absolute atomic E-state index is 0.0577. The summed E-state index contributed by atoms with van der Waals surface area (Å²) in [6.45, 7) is 1.56. The Morgan fingerprint density at radius 1 is 0.931 bits per heavy atom. The number of guanidine groups is 1. The standard InChI is InChI=1S/C17H19N3O.C4H4O4/c1-12(21)13-8-10-14(11-9-13)15-6-4-5-7-16(15)19-17(18)20(2)3;5-3(6)1-2-4(7)8/h4-11H,1-3H3,(H2,18,19);1-2H,(H,5,6)(H,7,8)/b;2-1+. The van der Waals surface area contributed by atoms with Crippen molar-refractivity contribution in [1.29, 1.82) is 5.41 Å². The van der Waals surface area contributed by atoms with Crippen molar-refractivity contribution in [3.63, 3.8) is 0 Å². The largest absolute Gasteiger partial charge is 0.478 e. The highest BCUT2D eigenvalue weighted by atomic mass is 16.4. The lowest BCUT2D eigenvalue weighted by molar-refractivity contribution is -0.134. The highest BCUT2D eigenvalue weighted by Gasteiger charge is 2.08. The number of hydrogen-bond acceptors (Lipinski definition) is 4. The molecular formula is C21H23N3O5. The number of carbonyl (C=O) groups is 3. The average molecular weight is 397 g/mol. The van der Waals surface area contributed by atoms with Gasteiger partial charge in [0.1, 0.15) is 0 Å². The first-order valence-electron chi connectivity index (χ1n) is 8.49. The molecule has 8 nitrogen and oxygen atoms in total. The van der Waals surface area contributed by atoms with Crippen molar-refractivity contribution < 1.29 is 24.6 Å². The van der Waals surface area contributed by atoms with E-state index in [0.717, 1.165) is 16.8 Å². The number of carboxylic acids is 2. The van der Waals surface area contributed by atoms with Crippen molar-refractivity contribution in [2.75, 3.05) is 19.4 Å². The third kappa shape index (κ3) is 8.08. The van der Waals surface area contributed by atoms with Gasteiger partial charge in [-0.25, -0.2) is 9.59 Å². The van der Waals surface area contributed by atoms with Gasteiger partial charge in [0.25, 0.3) is 0 Å². The molecule has 0 bridgehead atoms. The van der Waals surface area contributed by atoms with Crippen LogP contribution in [0, 0.1) is 5.41 Å². The quantitative estimate of drug-likeness (QED) is 0.264. The molecule has 0 amide bonds.